The number of terminal acetylenes is 1. The van der Waals surface area contributed by atoms with Crippen LogP contribution in [-0.2, 0) is 9.47 Å². The number of fused-ring (bicyclic) bond motifs is 4. The summed E-state index contributed by atoms with van der Waals surface area (Å²) < 4.78 is 56.1. The van der Waals surface area contributed by atoms with Gasteiger partial charge in [0.15, 0.2) is 5.82 Å². The van der Waals surface area contributed by atoms with Crippen molar-refractivity contribution in [3.63, 3.8) is 0 Å². The summed E-state index contributed by atoms with van der Waals surface area (Å²) in [6, 6.07) is 6.08. The monoisotopic (exact) mass is 711 g/mol. The largest absolute Gasteiger partial charge is 0.508 e. The van der Waals surface area contributed by atoms with Crippen LogP contribution in [0.2, 0.25) is 0 Å². The number of nitrogens with zero attached hydrogens (tertiary/aromatic N) is 5. The van der Waals surface area contributed by atoms with E-state index in [1.807, 2.05) is 0 Å². The molecule has 0 bridgehead atoms. The van der Waals surface area contributed by atoms with E-state index in [-0.39, 0.29) is 62.9 Å². The van der Waals surface area contributed by atoms with Crippen molar-refractivity contribution in [2.75, 3.05) is 52.0 Å². The molecule has 0 spiro atoms. The summed E-state index contributed by atoms with van der Waals surface area (Å²) in [6.07, 6.45) is 14.7. The molecule has 5 aliphatic rings. The Morgan fingerprint density at radius 2 is 1.90 bits per heavy atom. The molecule has 4 heterocycles. The molecule has 3 saturated carbocycles. The molecule has 10 nitrogen and oxygen atoms in total. The normalized spacial score (nSPS) is 28.3. The first-order valence-corrected chi connectivity index (χ1v) is 18.5. The number of hydrogen-bond acceptors (Lipinski definition) is 10. The highest BCUT2D eigenvalue weighted by Gasteiger charge is 2.50. The summed E-state index contributed by atoms with van der Waals surface area (Å²) in [5.41, 5.74) is -0.203. The minimum absolute atomic E-state index is 0.0379. The topological polar surface area (TPSA) is 102 Å². The number of halogens is 2. The van der Waals surface area contributed by atoms with Gasteiger partial charge in [0, 0.05) is 42.6 Å². The lowest BCUT2D eigenvalue weighted by Gasteiger charge is -2.48. The highest BCUT2D eigenvalue weighted by Crippen LogP contribution is 2.50. The summed E-state index contributed by atoms with van der Waals surface area (Å²) >= 11 is 0. The van der Waals surface area contributed by atoms with Crippen LogP contribution >= 0.6 is 0 Å². The third-order valence-corrected chi connectivity index (χ3v) is 12.3. The third-order valence-electron chi connectivity index (χ3n) is 12.3. The van der Waals surface area contributed by atoms with Crippen molar-refractivity contribution in [3.05, 3.63) is 41.5 Å². The first-order chi connectivity index (χ1) is 25.3. The lowest BCUT2D eigenvalue weighted by atomic mass is 9.74. The van der Waals surface area contributed by atoms with E-state index >= 15 is 8.78 Å². The molecule has 2 aliphatic heterocycles. The smallest absolute Gasteiger partial charge is 0.319 e. The quantitative estimate of drug-likeness (QED) is 0.201. The van der Waals surface area contributed by atoms with Crippen molar-refractivity contribution in [2.24, 2.45) is 11.3 Å². The number of aromatic hydroxyl groups is 1. The van der Waals surface area contributed by atoms with Gasteiger partial charge in [-0.05, 0) is 81.0 Å². The Morgan fingerprint density at radius 3 is 2.71 bits per heavy atom. The molecule has 4 aromatic rings. The van der Waals surface area contributed by atoms with Crippen molar-refractivity contribution < 1.29 is 32.8 Å². The van der Waals surface area contributed by atoms with E-state index in [1.165, 1.54) is 31.4 Å². The van der Waals surface area contributed by atoms with Gasteiger partial charge in [-0.15, -0.1) is 6.42 Å². The van der Waals surface area contributed by atoms with Crippen molar-refractivity contribution in [1.82, 2.24) is 19.9 Å². The number of phenols is 1. The number of benzene rings is 2. The van der Waals surface area contributed by atoms with Gasteiger partial charge in [0.25, 0.3) is 0 Å². The predicted octanol–water partition coefficient (Wildman–Crippen LogP) is 6.23. The van der Waals surface area contributed by atoms with Crippen molar-refractivity contribution in [3.8, 4) is 41.2 Å². The Balaban J connectivity index is 1.14. The molecule has 52 heavy (non-hydrogen) atoms. The highest BCUT2D eigenvalue weighted by atomic mass is 19.1. The maximum atomic E-state index is 17.2. The maximum Gasteiger partial charge on any atom is 0.319 e. The van der Waals surface area contributed by atoms with Gasteiger partial charge in [0.05, 0.1) is 44.1 Å². The molecule has 272 valence electrons. The van der Waals surface area contributed by atoms with E-state index in [4.69, 9.17) is 35.3 Å². The maximum absolute atomic E-state index is 17.2. The van der Waals surface area contributed by atoms with E-state index in [0.717, 1.165) is 64.5 Å². The number of anilines is 1. The van der Waals surface area contributed by atoms with E-state index < -0.39 is 11.6 Å². The van der Waals surface area contributed by atoms with Crippen LogP contribution < -0.4 is 14.4 Å². The Hall–Kier alpha value is -4.31. The molecule has 2 unspecified atom stereocenters. The molecule has 4 atom stereocenters. The Kier molecular flexibility index (Phi) is 8.36. The van der Waals surface area contributed by atoms with Crippen molar-refractivity contribution in [2.45, 2.75) is 75.7 Å². The van der Waals surface area contributed by atoms with Crippen LogP contribution in [0.3, 0.4) is 0 Å². The highest BCUT2D eigenvalue weighted by molar-refractivity contribution is 6.04. The van der Waals surface area contributed by atoms with Gasteiger partial charge < -0.3 is 29.0 Å². The van der Waals surface area contributed by atoms with Crippen LogP contribution in [-0.4, -0.2) is 96.3 Å². The zero-order chi connectivity index (χ0) is 35.7. The molecule has 5 fully saturated rings. The van der Waals surface area contributed by atoms with E-state index in [2.05, 4.69) is 20.7 Å². The zero-order valence-electron chi connectivity index (χ0n) is 29.5. The van der Waals surface area contributed by atoms with E-state index in [0.29, 0.717) is 54.4 Å². The van der Waals surface area contributed by atoms with Crippen LogP contribution in [0.25, 0.3) is 32.9 Å². The second kappa shape index (κ2) is 13.0. The standard InChI is InChI=1S/C40H43F2N5O5/c1-4-26-28(41)9-8-23-17-24(48)18-27(32(23)26)35-34(42)36-33(38(43-35)50-3)37(47-13-14-51-30-19-29(30)47)45-39(44-36)52-21-40-10-5-7-31(40)46(12-6-11-40)20-22-15-25(16-22)49-2/h1,8-9,17-18,22,25,29-31,48H,5-7,10-16,19-21H2,2-3H3/t22?,25?,29?,30?,31-,40-/m1/s1. The zero-order valence-corrected chi connectivity index (χ0v) is 29.5. The summed E-state index contributed by atoms with van der Waals surface area (Å²) in [5, 5.41) is 11.7. The SMILES string of the molecule is C#Cc1c(F)ccc2cc(O)cc(-c3nc(OC)c4c(N5CCOC6CC65)nc(OC[C@]56CCC[C@H]5N(CC5CC(OC)C5)CCC6)nc4c3F)c12. The number of morpholine rings is 1. The molecule has 2 aromatic heterocycles. The van der Waals surface area contributed by atoms with Gasteiger partial charge in [-0.3, -0.25) is 4.90 Å². The van der Waals surface area contributed by atoms with Gasteiger partial charge in [-0.2, -0.15) is 9.97 Å². The van der Waals surface area contributed by atoms with E-state index in [1.54, 1.807) is 7.11 Å². The Morgan fingerprint density at radius 1 is 1.06 bits per heavy atom. The summed E-state index contributed by atoms with van der Waals surface area (Å²) in [7, 11) is 3.25. The third kappa shape index (κ3) is 5.51. The average molecular weight is 712 g/mol. The fourth-order valence-electron chi connectivity index (χ4n) is 9.64. The molecule has 3 aliphatic carbocycles. The molecule has 1 N–H and O–H groups in total. The minimum Gasteiger partial charge on any atom is -0.508 e. The number of rotatable bonds is 9. The second-order valence-corrected chi connectivity index (χ2v) is 15.3. The molecule has 0 radical (unpaired) electrons. The second-order valence-electron chi connectivity index (χ2n) is 15.3. The molecular weight excluding hydrogens is 668 g/mol. The summed E-state index contributed by atoms with van der Waals surface area (Å²) in [5.74, 6) is 2.06. The number of aromatic nitrogens is 3. The van der Waals surface area contributed by atoms with Crippen LogP contribution in [0.1, 0.15) is 56.9 Å². The molecule has 2 saturated heterocycles. The molecular formula is C40H43F2N5O5. The summed E-state index contributed by atoms with van der Waals surface area (Å²) in [4.78, 5) is 19.1. The number of pyridine rings is 1. The van der Waals surface area contributed by atoms with Crippen LogP contribution in [0, 0.1) is 35.3 Å². The van der Waals surface area contributed by atoms with Crippen LogP contribution in [0.4, 0.5) is 14.6 Å². The van der Waals surface area contributed by atoms with Crippen molar-refractivity contribution >= 4 is 27.5 Å². The van der Waals surface area contributed by atoms with Crippen molar-refractivity contribution in [1.29, 1.82) is 0 Å². The Labute approximate surface area is 301 Å². The fraction of sp³-hybridized carbons (Fsp3) is 0.525. The number of phenolic OH excluding ortho intramolecular Hbond substituents is 1. The van der Waals surface area contributed by atoms with Crippen LogP contribution in [0.15, 0.2) is 24.3 Å². The number of ether oxygens (including phenoxy) is 4. The lowest BCUT2D eigenvalue weighted by molar-refractivity contribution is -0.0457. The molecule has 9 rings (SSSR count). The predicted molar refractivity (Wildman–Crippen MR) is 192 cm³/mol. The van der Waals surface area contributed by atoms with Crippen LogP contribution in [0.5, 0.6) is 17.6 Å². The van der Waals surface area contributed by atoms with E-state index in [9.17, 15) is 5.11 Å². The summed E-state index contributed by atoms with van der Waals surface area (Å²) in [6.45, 7) is 3.65. The molecule has 0 amide bonds. The van der Waals surface area contributed by atoms with Gasteiger partial charge in [0.1, 0.15) is 34.0 Å². The molecule has 2 aromatic carbocycles. The fourth-order valence-corrected chi connectivity index (χ4v) is 9.64. The van der Waals surface area contributed by atoms with Gasteiger partial charge in [-0.1, -0.05) is 18.4 Å². The van der Waals surface area contributed by atoms with Gasteiger partial charge in [-0.25, -0.2) is 13.8 Å². The average Bonchev–Trinajstić information content (AvgIpc) is 3.81. The van der Waals surface area contributed by atoms with Gasteiger partial charge in [0.2, 0.25) is 5.88 Å². The number of hydrogen-bond donors (Lipinski definition) is 1. The lowest BCUT2D eigenvalue weighted by Crippen LogP contribution is -2.54. The first-order valence-electron chi connectivity index (χ1n) is 18.5. The first kappa shape index (κ1) is 33.5. The Bertz CT molecular complexity index is 2100. The minimum atomic E-state index is -0.778. The molecule has 12 heteroatoms. The number of likely N-dealkylation sites (tertiary alicyclic amines) is 1. The van der Waals surface area contributed by atoms with Gasteiger partial charge >= 0.3 is 6.01 Å². The number of methoxy groups -OCH3 is 2. The number of piperidine rings is 1.